The topological polar surface area (TPSA) is 53.9 Å². The summed E-state index contributed by atoms with van der Waals surface area (Å²) in [6.07, 6.45) is 2.09. The number of hydrogen-bond acceptors (Lipinski definition) is 4. The van der Waals surface area contributed by atoms with Crippen LogP contribution >= 0.6 is 24.0 Å². The Kier molecular flexibility index (Phi) is 6.09. The average Bonchev–Trinajstić information content (AvgIpc) is 2.84. The number of nitrogens with zero attached hydrogens (tertiary/aromatic N) is 3. The van der Waals surface area contributed by atoms with Crippen molar-refractivity contribution in [3.63, 3.8) is 0 Å². The molecule has 1 aromatic heterocycles. The molecule has 1 saturated heterocycles. The lowest BCUT2D eigenvalue weighted by Gasteiger charge is -2.35. The lowest BCUT2D eigenvalue weighted by atomic mass is 9.96. The van der Waals surface area contributed by atoms with Gasteiger partial charge in [-0.3, -0.25) is 9.89 Å². The van der Waals surface area contributed by atoms with Crippen molar-refractivity contribution in [3.8, 4) is 0 Å². The molecule has 1 amide bonds. The molecule has 124 valence electrons. The van der Waals surface area contributed by atoms with Crippen molar-refractivity contribution in [2.45, 2.75) is 44.8 Å². The molecule has 1 aromatic rings. The highest BCUT2D eigenvalue weighted by Crippen LogP contribution is 2.28. The molecule has 0 bridgehead atoms. The predicted molar refractivity (Wildman–Crippen MR) is 93.7 cm³/mol. The molecule has 5 nitrogen and oxygen atoms in total. The molecule has 1 fully saturated rings. The fourth-order valence-corrected chi connectivity index (χ4v) is 4.20. The Morgan fingerprint density at radius 3 is 2.82 bits per heavy atom. The SMILES string of the molecule is CCSC(C(=O)N1CCCC(c2n[nH]c(=S)n2C)C1)C(C)C. The molecule has 0 radical (unpaired) electrons. The van der Waals surface area contributed by atoms with Gasteiger partial charge >= 0.3 is 0 Å². The molecule has 0 spiro atoms. The van der Waals surface area contributed by atoms with Gasteiger partial charge in [-0.15, -0.1) is 11.8 Å². The summed E-state index contributed by atoms with van der Waals surface area (Å²) >= 11 is 6.95. The zero-order valence-electron chi connectivity index (χ0n) is 13.8. The zero-order valence-corrected chi connectivity index (χ0v) is 15.5. The zero-order chi connectivity index (χ0) is 16.3. The normalized spacial score (nSPS) is 20.4. The number of carbonyl (C=O) groups is 1. The molecule has 2 atom stereocenters. The van der Waals surface area contributed by atoms with Crippen molar-refractivity contribution < 1.29 is 4.79 Å². The first kappa shape index (κ1) is 17.5. The number of piperidine rings is 1. The summed E-state index contributed by atoms with van der Waals surface area (Å²) in [6, 6.07) is 0. The van der Waals surface area contributed by atoms with E-state index in [4.69, 9.17) is 12.2 Å². The van der Waals surface area contributed by atoms with Crippen LogP contribution in [0, 0.1) is 10.7 Å². The lowest BCUT2D eigenvalue weighted by molar-refractivity contribution is -0.132. The third-order valence-electron chi connectivity index (χ3n) is 4.21. The van der Waals surface area contributed by atoms with Crippen molar-refractivity contribution >= 4 is 29.9 Å². The van der Waals surface area contributed by atoms with Gasteiger partial charge in [0, 0.05) is 26.1 Å². The van der Waals surface area contributed by atoms with Gasteiger partial charge in [0.1, 0.15) is 5.82 Å². The van der Waals surface area contributed by atoms with Crippen molar-refractivity contribution in [2.24, 2.45) is 13.0 Å². The standard InChI is InChI=1S/C15H26N4OS2/c1-5-22-12(10(2)3)14(20)19-8-6-7-11(9-19)13-16-17-15(21)18(13)4/h10-12H,5-9H2,1-4H3,(H,17,21). The summed E-state index contributed by atoms with van der Waals surface area (Å²) in [5, 5.41) is 7.26. The molecular formula is C15H26N4OS2. The van der Waals surface area contributed by atoms with Crippen molar-refractivity contribution in [2.75, 3.05) is 18.8 Å². The molecule has 22 heavy (non-hydrogen) atoms. The van der Waals surface area contributed by atoms with E-state index in [0.717, 1.165) is 37.5 Å². The molecule has 0 aliphatic carbocycles. The number of carbonyl (C=O) groups excluding carboxylic acids is 1. The number of amides is 1. The monoisotopic (exact) mass is 342 g/mol. The second-order valence-corrected chi connectivity index (χ2v) is 7.99. The average molecular weight is 343 g/mol. The van der Waals surface area contributed by atoms with Gasteiger partial charge in [-0.1, -0.05) is 20.8 Å². The van der Waals surface area contributed by atoms with Gasteiger partial charge in [0.25, 0.3) is 0 Å². The summed E-state index contributed by atoms with van der Waals surface area (Å²) in [5.41, 5.74) is 0. The van der Waals surface area contributed by atoms with Gasteiger partial charge in [0.2, 0.25) is 5.91 Å². The number of aromatic nitrogens is 3. The van der Waals surface area contributed by atoms with Crippen LogP contribution in [0.25, 0.3) is 0 Å². The number of H-pyrrole nitrogens is 1. The number of rotatable bonds is 5. The summed E-state index contributed by atoms with van der Waals surface area (Å²) in [6.45, 7) is 7.98. The quantitative estimate of drug-likeness (QED) is 0.836. The van der Waals surface area contributed by atoms with Gasteiger partial charge in [0.15, 0.2) is 4.77 Å². The lowest BCUT2D eigenvalue weighted by Crippen LogP contribution is -2.45. The van der Waals surface area contributed by atoms with Gasteiger partial charge in [-0.2, -0.15) is 5.10 Å². The fourth-order valence-electron chi connectivity index (χ4n) is 3.02. The first-order chi connectivity index (χ1) is 10.5. The second kappa shape index (κ2) is 7.64. The molecule has 1 aliphatic heterocycles. The Labute approximate surface area is 141 Å². The molecule has 2 unspecified atom stereocenters. The van der Waals surface area contributed by atoms with E-state index in [1.54, 1.807) is 11.8 Å². The minimum absolute atomic E-state index is 0.0613. The molecule has 2 heterocycles. The van der Waals surface area contributed by atoms with Gasteiger partial charge in [0.05, 0.1) is 5.25 Å². The maximum absolute atomic E-state index is 12.8. The van der Waals surface area contributed by atoms with Crippen molar-refractivity contribution in [3.05, 3.63) is 10.6 Å². The first-order valence-corrected chi connectivity index (χ1v) is 9.43. The van der Waals surface area contributed by atoms with E-state index in [1.807, 2.05) is 16.5 Å². The van der Waals surface area contributed by atoms with E-state index in [1.165, 1.54) is 0 Å². The van der Waals surface area contributed by atoms with E-state index < -0.39 is 0 Å². The number of thioether (sulfide) groups is 1. The third-order valence-corrected chi connectivity index (χ3v) is 6.01. The van der Waals surface area contributed by atoms with Crippen molar-refractivity contribution in [1.82, 2.24) is 19.7 Å². The van der Waals surface area contributed by atoms with Gasteiger partial charge in [-0.25, -0.2) is 0 Å². The van der Waals surface area contributed by atoms with Gasteiger partial charge < -0.3 is 9.47 Å². The highest BCUT2D eigenvalue weighted by Gasteiger charge is 2.32. The van der Waals surface area contributed by atoms with E-state index >= 15 is 0 Å². The fraction of sp³-hybridized carbons (Fsp3) is 0.800. The number of aromatic amines is 1. The molecule has 0 saturated carbocycles. The largest absolute Gasteiger partial charge is 0.341 e. The molecule has 1 aliphatic rings. The van der Waals surface area contributed by atoms with Crippen molar-refractivity contribution in [1.29, 1.82) is 0 Å². The van der Waals surface area contributed by atoms with Crippen LogP contribution in [-0.4, -0.2) is 49.7 Å². The Bertz CT molecular complexity index is 566. The molecule has 1 N–H and O–H groups in total. The van der Waals surface area contributed by atoms with E-state index in [9.17, 15) is 4.79 Å². The summed E-state index contributed by atoms with van der Waals surface area (Å²) in [7, 11) is 1.94. The summed E-state index contributed by atoms with van der Waals surface area (Å²) < 4.78 is 2.56. The van der Waals surface area contributed by atoms with Crippen LogP contribution in [0.5, 0.6) is 0 Å². The molecular weight excluding hydrogens is 316 g/mol. The van der Waals surface area contributed by atoms with Crippen LogP contribution in [0.3, 0.4) is 0 Å². The van der Waals surface area contributed by atoms with Gasteiger partial charge in [-0.05, 0) is 36.7 Å². The number of hydrogen-bond donors (Lipinski definition) is 1. The molecule has 7 heteroatoms. The Morgan fingerprint density at radius 1 is 1.55 bits per heavy atom. The van der Waals surface area contributed by atoms with Crippen LogP contribution in [0.2, 0.25) is 0 Å². The van der Waals surface area contributed by atoms with Crippen LogP contribution in [0.4, 0.5) is 0 Å². The summed E-state index contributed by atoms with van der Waals surface area (Å²) in [4.78, 5) is 14.9. The second-order valence-electron chi connectivity index (χ2n) is 6.19. The maximum atomic E-state index is 12.8. The van der Waals surface area contributed by atoms with Crippen LogP contribution in [-0.2, 0) is 11.8 Å². The van der Waals surface area contributed by atoms with E-state index in [2.05, 4.69) is 31.0 Å². The number of nitrogens with one attached hydrogen (secondary N) is 1. The number of likely N-dealkylation sites (tertiary alicyclic amines) is 1. The highest BCUT2D eigenvalue weighted by atomic mass is 32.2. The Balaban J connectivity index is 2.11. The Morgan fingerprint density at radius 2 is 2.27 bits per heavy atom. The minimum atomic E-state index is 0.0613. The third kappa shape index (κ3) is 3.74. The summed E-state index contributed by atoms with van der Waals surface area (Å²) in [5.74, 6) is 2.85. The van der Waals surface area contributed by atoms with Crippen LogP contribution in [0.15, 0.2) is 0 Å². The van der Waals surface area contributed by atoms with Crippen LogP contribution < -0.4 is 0 Å². The maximum Gasteiger partial charge on any atom is 0.235 e. The minimum Gasteiger partial charge on any atom is -0.341 e. The molecule has 2 rings (SSSR count). The van der Waals surface area contributed by atoms with E-state index in [-0.39, 0.29) is 17.1 Å². The highest BCUT2D eigenvalue weighted by molar-refractivity contribution is 8.00. The van der Waals surface area contributed by atoms with Crippen LogP contribution in [0.1, 0.15) is 45.4 Å². The smallest absolute Gasteiger partial charge is 0.235 e. The molecule has 0 aromatic carbocycles. The Hall–Kier alpha value is -0.820. The van der Waals surface area contributed by atoms with E-state index in [0.29, 0.717) is 10.7 Å². The predicted octanol–water partition coefficient (Wildman–Crippen LogP) is 2.96. The first-order valence-electron chi connectivity index (χ1n) is 7.97.